The second kappa shape index (κ2) is 4.19. The van der Waals surface area contributed by atoms with Crippen LogP contribution in [0.1, 0.15) is 55.4 Å². The zero-order chi connectivity index (χ0) is 16.0. The number of hydrogen-bond donors (Lipinski definition) is 1. The van der Waals surface area contributed by atoms with Crippen LogP contribution in [0.2, 0.25) is 0 Å². The van der Waals surface area contributed by atoms with Gasteiger partial charge in [-0.05, 0) is 54.2 Å². The lowest BCUT2D eigenvalue weighted by Crippen LogP contribution is -2.66. The summed E-state index contributed by atoms with van der Waals surface area (Å²) < 4.78 is 12.7. The van der Waals surface area contributed by atoms with Crippen LogP contribution >= 0.6 is 0 Å². The molecule has 23 heavy (non-hydrogen) atoms. The van der Waals surface area contributed by atoms with E-state index in [-0.39, 0.29) is 16.9 Å². The lowest BCUT2D eigenvalue weighted by molar-refractivity contribution is -0.328. The first-order valence-corrected chi connectivity index (χ1v) is 9.00. The van der Waals surface area contributed by atoms with Crippen LogP contribution < -0.4 is 0 Å². The van der Waals surface area contributed by atoms with Gasteiger partial charge in [-0.3, -0.25) is 0 Å². The first-order chi connectivity index (χ1) is 10.9. The lowest BCUT2D eigenvalue weighted by atomic mass is 9.46. The van der Waals surface area contributed by atoms with Crippen LogP contribution in [0.3, 0.4) is 0 Å². The topological polar surface area (TPSA) is 38.7 Å². The molecular weight excluding hydrogens is 288 g/mol. The van der Waals surface area contributed by atoms with E-state index in [1.54, 1.807) is 0 Å². The third-order valence-corrected chi connectivity index (χ3v) is 7.48. The predicted molar refractivity (Wildman–Crippen MR) is 87.3 cm³/mol. The molecule has 3 nitrogen and oxygen atoms in total. The van der Waals surface area contributed by atoms with Crippen LogP contribution in [0.25, 0.3) is 0 Å². The van der Waals surface area contributed by atoms with Crippen LogP contribution in [-0.4, -0.2) is 24.4 Å². The number of aryl methyl sites for hydroxylation is 1. The molecular formula is C20H26O3. The quantitative estimate of drug-likeness (QED) is 0.799. The van der Waals surface area contributed by atoms with Crippen molar-refractivity contribution >= 4 is 0 Å². The Hall–Kier alpha value is -0.900. The van der Waals surface area contributed by atoms with Gasteiger partial charge in [-0.25, -0.2) is 0 Å². The Morgan fingerprint density at radius 2 is 2.04 bits per heavy atom. The summed E-state index contributed by atoms with van der Waals surface area (Å²) >= 11 is 0. The molecule has 5 aliphatic rings. The summed E-state index contributed by atoms with van der Waals surface area (Å²) in [5.74, 6) is -0.149. The van der Waals surface area contributed by atoms with Gasteiger partial charge in [-0.2, -0.15) is 0 Å². The Bertz CT molecular complexity index is 694. The zero-order valence-corrected chi connectivity index (χ0v) is 14.3. The van der Waals surface area contributed by atoms with Gasteiger partial charge in [0.15, 0.2) is 5.79 Å². The minimum atomic E-state index is -0.560. The summed E-state index contributed by atoms with van der Waals surface area (Å²) in [6.07, 6.45) is 3.54. The fourth-order valence-corrected chi connectivity index (χ4v) is 6.08. The summed E-state index contributed by atoms with van der Waals surface area (Å²) in [5.41, 5.74) is 5.58. The lowest BCUT2D eigenvalue weighted by Gasteiger charge is -2.65. The standard InChI is InChI=1S/C20H26O3/c1-12-4-5-14-17-13(12)7-9-22-20(17)10-15-18(2,3)16(21)6-8-19(14,15)11-23-20/h4-5,15-16,21H,6-11H2,1-3H3. The molecule has 3 aliphatic heterocycles. The smallest absolute Gasteiger partial charge is 0.195 e. The van der Waals surface area contributed by atoms with E-state index in [0.29, 0.717) is 5.92 Å². The van der Waals surface area contributed by atoms with Crippen LogP contribution in [0.5, 0.6) is 0 Å². The van der Waals surface area contributed by atoms with Crippen molar-refractivity contribution in [2.45, 2.75) is 63.8 Å². The van der Waals surface area contributed by atoms with Crippen molar-refractivity contribution < 1.29 is 14.6 Å². The van der Waals surface area contributed by atoms with Gasteiger partial charge < -0.3 is 14.6 Å². The van der Waals surface area contributed by atoms with E-state index in [1.807, 2.05) is 0 Å². The number of aliphatic hydroxyl groups is 1. The molecule has 1 aromatic carbocycles. The second-order valence-electron chi connectivity index (χ2n) is 8.71. The molecule has 6 rings (SSSR count). The van der Waals surface area contributed by atoms with E-state index in [4.69, 9.17) is 9.47 Å². The van der Waals surface area contributed by atoms with Gasteiger partial charge in [0.05, 0.1) is 19.3 Å². The molecule has 0 aromatic heterocycles. The highest BCUT2D eigenvalue weighted by Crippen LogP contribution is 2.66. The van der Waals surface area contributed by atoms with Crippen LogP contribution in [0.15, 0.2) is 12.1 Å². The van der Waals surface area contributed by atoms with E-state index < -0.39 is 5.79 Å². The van der Waals surface area contributed by atoms with Crippen molar-refractivity contribution in [1.29, 1.82) is 0 Å². The minimum absolute atomic E-state index is 0.0585. The second-order valence-corrected chi connectivity index (χ2v) is 8.71. The van der Waals surface area contributed by atoms with Crippen LogP contribution in [-0.2, 0) is 27.1 Å². The van der Waals surface area contributed by atoms with Gasteiger partial charge in [0.1, 0.15) is 0 Å². The third-order valence-electron chi connectivity index (χ3n) is 7.48. The minimum Gasteiger partial charge on any atom is -0.393 e. The maximum Gasteiger partial charge on any atom is 0.195 e. The number of fused-ring (bicyclic) bond motifs is 1. The van der Waals surface area contributed by atoms with E-state index in [2.05, 4.69) is 32.9 Å². The summed E-state index contributed by atoms with van der Waals surface area (Å²) in [5, 5.41) is 10.6. The van der Waals surface area contributed by atoms with Gasteiger partial charge in [0.2, 0.25) is 0 Å². The number of rotatable bonds is 0. The van der Waals surface area contributed by atoms with E-state index >= 15 is 0 Å². The van der Waals surface area contributed by atoms with Crippen molar-refractivity contribution in [2.24, 2.45) is 11.3 Å². The molecule has 4 unspecified atom stereocenters. The summed E-state index contributed by atoms with van der Waals surface area (Å²) in [4.78, 5) is 0. The molecule has 2 spiro atoms. The highest BCUT2D eigenvalue weighted by Gasteiger charge is 2.66. The van der Waals surface area contributed by atoms with Crippen molar-refractivity contribution in [3.63, 3.8) is 0 Å². The first-order valence-electron chi connectivity index (χ1n) is 9.00. The fraction of sp³-hybridized carbons (Fsp3) is 0.700. The number of aliphatic hydroxyl groups excluding tert-OH is 1. The SMILES string of the molecule is Cc1ccc2c3c1CCOC31CC3C2(CCC(O)C3(C)C)CO1. The molecule has 124 valence electrons. The van der Waals surface area contributed by atoms with Gasteiger partial charge in [0, 0.05) is 17.4 Å². The van der Waals surface area contributed by atoms with Gasteiger partial charge in [0.25, 0.3) is 0 Å². The Morgan fingerprint density at radius 3 is 2.87 bits per heavy atom. The van der Waals surface area contributed by atoms with Crippen molar-refractivity contribution in [1.82, 2.24) is 0 Å². The monoisotopic (exact) mass is 314 g/mol. The van der Waals surface area contributed by atoms with E-state index in [1.165, 1.54) is 22.3 Å². The molecule has 1 saturated heterocycles. The van der Waals surface area contributed by atoms with E-state index in [0.717, 1.165) is 38.9 Å². The predicted octanol–water partition coefficient (Wildman–Crippen LogP) is 3.19. The molecule has 3 heteroatoms. The Kier molecular flexibility index (Phi) is 2.63. The summed E-state index contributed by atoms with van der Waals surface area (Å²) in [6, 6.07) is 4.62. The fourth-order valence-electron chi connectivity index (χ4n) is 6.08. The number of benzene rings is 1. The number of hydrogen-bond acceptors (Lipinski definition) is 3. The van der Waals surface area contributed by atoms with E-state index in [9.17, 15) is 5.11 Å². The molecule has 4 atom stereocenters. The molecule has 2 aliphatic carbocycles. The Labute approximate surface area is 138 Å². The van der Waals surface area contributed by atoms with Crippen LogP contribution in [0.4, 0.5) is 0 Å². The third kappa shape index (κ3) is 1.52. The Morgan fingerprint density at radius 1 is 1.22 bits per heavy atom. The molecule has 1 aromatic rings. The largest absolute Gasteiger partial charge is 0.393 e. The summed E-state index contributed by atoms with van der Waals surface area (Å²) in [7, 11) is 0. The number of ether oxygens (including phenoxy) is 2. The zero-order valence-electron chi connectivity index (χ0n) is 14.3. The Balaban J connectivity index is 1.80. The maximum atomic E-state index is 10.6. The van der Waals surface area contributed by atoms with Gasteiger partial charge >= 0.3 is 0 Å². The average molecular weight is 314 g/mol. The average Bonchev–Trinajstić information content (AvgIpc) is 2.54. The van der Waals surface area contributed by atoms with Crippen LogP contribution in [0, 0.1) is 18.3 Å². The van der Waals surface area contributed by atoms with Crippen molar-refractivity contribution in [2.75, 3.05) is 13.2 Å². The highest BCUT2D eigenvalue weighted by atomic mass is 16.7. The molecule has 0 radical (unpaired) electrons. The summed E-state index contributed by atoms with van der Waals surface area (Å²) in [6.45, 7) is 8.15. The van der Waals surface area contributed by atoms with Crippen molar-refractivity contribution in [3.05, 3.63) is 34.4 Å². The molecule has 2 bridgehead atoms. The molecule has 1 N–H and O–H groups in total. The molecule has 3 heterocycles. The highest BCUT2D eigenvalue weighted by molar-refractivity contribution is 5.52. The normalized spacial score (nSPS) is 43.0. The van der Waals surface area contributed by atoms with Gasteiger partial charge in [-0.1, -0.05) is 26.0 Å². The van der Waals surface area contributed by atoms with Crippen molar-refractivity contribution in [3.8, 4) is 0 Å². The molecule has 0 amide bonds. The molecule has 1 saturated carbocycles. The maximum absolute atomic E-state index is 10.6. The van der Waals surface area contributed by atoms with Gasteiger partial charge in [-0.15, -0.1) is 0 Å². The first kappa shape index (κ1) is 14.4. The molecule has 2 fully saturated rings.